The Morgan fingerprint density at radius 1 is 1.38 bits per heavy atom. The Labute approximate surface area is 76.0 Å². The molecule has 5 nitrogen and oxygen atoms in total. The third-order valence-electron chi connectivity index (χ3n) is 1.19. The van der Waals surface area contributed by atoms with Crippen LogP contribution in [0.2, 0.25) is 0 Å². The van der Waals surface area contributed by atoms with E-state index in [9.17, 15) is 4.79 Å². The molecule has 1 heterocycles. The molecular formula is C8H12N2O3. The molecule has 0 aliphatic rings. The number of rotatable bonds is 2. The maximum atomic E-state index is 11.0. The van der Waals surface area contributed by atoms with Gasteiger partial charge in [0.15, 0.2) is 5.78 Å². The molecule has 0 bridgehead atoms. The quantitative estimate of drug-likeness (QED) is 0.651. The molecule has 0 spiro atoms. The maximum Gasteiger partial charge on any atom is 0.287 e. The molecule has 0 aliphatic heterocycles. The van der Waals surface area contributed by atoms with Crippen molar-refractivity contribution in [3.05, 3.63) is 5.69 Å². The fourth-order valence-electron chi connectivity index (χ4n) is 0.752. The molecule has 0 saturated heterocycles. The maximum absolute atomic E-state index is 11.0. The Hall–Kier alpha value is -1.39. The lowest BCUT2D eigenvalue weighted by atomic mass is 10.2. The first-order valence-corrected chi connectivity index (χ1v) is 3.92. The molecule has 0 unspecified atom stereocenters. The van der Waals surface area contributed by atoms with Crippen molar-refractivity contribution in [1.82, 2.24) is 10.3 Å². The van der Waals surface area contributed by atoms with E-state index in [2.05, 4.69) is 14.9 Å². The van der Waals surface area contributed by atoms with Crippen LogP contribution < -0.4 is 4.74 Å². The van der Waals surface area contributed by atoms with Crippen molar-refractivity contribution in [2.45, 2.75) is 33.3 Å². The largest absolute Gasteiger partial charge is 0.468 e. The van der Waals surface area contributed by atoms with E-state index in [4.69, 9.17) is 4.74 Å². The molecule has 13 heavy (non-hydrogen) atoms. The number of nitrogens with zero attached hydrogens (tertiary/aromatic N) is 2. The molecular weight excluding hydrogens is 172 g/mol. The molecule has 0 saturated carbocycles. The van der Waals surface area contributed by atoms with Gasteiger partial charge < -0.3 is 4.74 Å². The van der Waals surface area contributed by atoms with Crippen molar-refractivity contribution in [1.29, 1.82) is 0 Å². The minimum absolute atomic E-state index is 0.134. The van der Waals surface area contributed by atoms with Crippen LogP contribution in [0.3, 0.4) is 0 Å². The zero-order valence-electron chi connectivity index (χ0n) is 8.12. The van der Waals surface area contributed by atoms with Crippen LogP contribution >= 0.6 is 0 Å². The van der Waals surface area contributed by atoms with E-state index in [-0.39, 0.29) is 17.4 Å². The van der Waals surface area contributed by atoms with E-state index in [0.717, 1.165) is 0 Å². The third kappa shape index (κ3) is 2.54. The van der Waals surface area contributed by atoms with Crippen LogP contribution in [0.5, 0.6) is 5.88 Å². The zero-order valence-corrected chi connectivity index (χ0v) is 8.12. The summed E-state index contributed by atoms with van der Waals surface area (Å²) in [4.78, 5) is 11.0. The lowest BCUT2D eigenvalue weighted by Crippen LogP contribution is -2.24. The van der Waals surface area contributed by atoms with Crippen molar-refractivity contribution in [3.8, 4) is 5.88 Å². The number of hydrogen-bond acceptors (Lipinski definition) is 5. The molecule has 0 N–H and O–H groups in total. The molecule has 0 atom stereocenters. The predicted molar refractivity (Wildman–Crippen MR) is 44.7 cm³/mol. The van der Waals surface area contributed by atoms with Crippen molar-refractivity contribution in [3.63, 3.8) is 0 Å². The van der Waals surface area contributed by atoms with Crippen molar-refractivity contribution < 1.29 is 14.2 Å². The smallest absolute Gasteiger partial charge is 0.287 e. The summed E-state index contributed by atoms with van der Waals surface area (Å²) in [6.45, 7) is 6.94. The molecule has 0 aliphatic carbocycles. The van der Waals surface area contributed by atoms with E-state index in [0.29, 0.717) is 0 Å². The average molecular weight is 184 g/mol. The van der Waals surface area contributed by atoms with Gasteiger partial charge in [-0.25, -0.2) is 4.63 Å². The average Bonchev–Trinajstić information content (AvgIpc) is 2.31. The fraction of sp³-hybridized carbons (Fsp3) is 0.625. The molecule has 72 valence electrons. The highest BCUT2D eigenvalue weighted by Gasteiger charge is 2.21. The van der Waals surface area contributed by atoms with Crippen molar-refractivity contribution in [2.75, 3.05) is 0 Å². The van der Waals surface area contributed by atoms with Gasteiger partial charge in [0.1, 0.15) is 5.60 Å². The second kappa shape index (κ2) is 3.16. The molecule has 0 fully saturated rings. The normalized spacial score (nSPS) is 11.4. The first-order valence-electron chi connectivity index (χ1n) is 3.92. The Kier molecular flexibility index (Phi) is 2.36. The standard InChI is InChI=1S/C8H12N2O3/c1-5(11)6-7(10-13-9-6)12-8(2,3)4/h1-4H3. The van der Waals surface area contributed by atoms with Gasteiger partial charge in [-0.15, -0.1) is 0 Å². The lowest BCUT2D eigenvalue weighted by molar-refractivity contribution is 0.0980. The van der Waals surface area contributed by atoms with Gasteiger partial charge in [0.2, 0.25) is 5.69 Å². The van der Waals surface area contributed by atoms with Gasteiger partial charge in [0, 0.05) is 6.92 Å². The number of hydrogen-bond donors (Lipinski definition) is 0. The van der Waals surface area contributed by atoms with Crippen LogP contribution in [0.1, 0.15) is 38.2 Å². The lowest BCUT2D eigenvalue weighted by Gasteiger charge is -2.18. The second-order valence-electron chi connectivity index (χ2n) is 3.69. The van der Waals surface area contributed by atoms with Crippen LogP contribution in [-0.2, 0) is 0 Å². The highest BCUT2D eigenvalue weighted by atomic mass is 16.6. The Bertz CT molecular complexity index is 311. The molecule has 0 aromatic carbocycles. The Balaban J connectivity index is 2.89. The minimum Gasteiger partial charge on any atom is -0.468 e. The summed E-state index contributed by atoms with van der Waals surface area (Å²) in [5.74, 6) is -0.0690. The van der Waals surface area contributed by atoms with E-state index in [1.165, 1.54) is 6.92 Å². The van der Waals surface area contributed by atoms with Gasteiger partial charge in [-0.3, -0.25) is 4.79 Å². The van der Waals surface area contributed by atoms with E-state index >= 15 is 0 Å². The summed E-state index contributed by atoms with van der Waals surface area (Å²) < 4.78 is 9.75. The van der Waals surface area contributed by atoms with E-state index in [1.807, 2.05) is 20.8 Å². The summed E-state index contributed by atoms with van der Waals surface area (Å²) in [6.07, 6.45) is 0. The second-order valence-corrected chi connectivity index (χ2v) is 3.69. The number of ether oxygens (including phenoxy) is 1. The Morgan fingerprint density at radius 2 is 2.00 bits per heavy atom. The van der Waals surface area contributed by atoms with Crippen LogP contribution in [0, 0.1) is 0 Å². The van der Waals surface area contributed by atoms with Crippen LogP contribution in [0.25, 0.3) is 0 Å². The highest BCUT2D eigenvalue weighted by molar-refractivity contribution is 5.93. The Morgan fingerprint density at radius 3 is 2.46 bits per heavy atom. The zero-order chi connectivity index (χ0) is 10.1. The first kappa shape index (κ1) is 9.70. The summed E-state index contributed by atoms with van der Waals surface area (Å²) in [5.41, 5.74) is -0.280. The van der Waals surface area contributed by atoms with Gasteiger partial charge in [-0.1, -0.05) is 0 Å². The predicted octanol–water partition coefficient (Wildman–Crippen LogP) is 1.45. The topological polar surface area (TPSA) is 65.2 Å². The molecule has 5 heteroatoms. The molecule has 1 aromatic rings. The number of ketones is 1. The first-order chi connectivity index (χ1) is 5.90. The van der Waals surface area contributed by atoms with Gasteiger partial charge in [0.05, 0.1) is 0 Å². The van der Waals surface area contributed by atoms with Gasteiger partial charge >= 0.3 is 0 Å². The third-order valence-corrected chi connectivity index (χ3v) is 1.19. The van der Waals surface area contributed by atoms with Crippen molar-refractivity contribution in [2.24, 2.45) is 0 Å². The summed E-state index contributed by atoms with van der Waals surface area (Å²) >= 11 is 0. The van der Waals surface area contributed by atoms with Gasteiger partial charge in [-0.2, -0.15) is 0 Å². The highest BCUT2D eigenvalue weighted by Crippen LogP contribution is 2.18. The van der Waals surface area contributed by atoms with Gasteiger partial charge in [0.25, 0.3) is 5.88 Å². The molecule has 0 radical (unpaired) electrons. The summed E-state index contributed by atoms with van der Waals surface area (Å²) in [6, 6.07) is 0. The number of Topliss-reactive ketones (excluding diaryl/α,β-unsaturated/α-hetero) is 1. The number of carbonyl (C=O) groups excluding carboxylic acids is 1. The molecule has 0 amide bonds. The van der Waals surface area contributed by atoms with E-state index in [1.54, 1.807) is 0 Å². The number of aromatic nitrogens is 2. The summed E-state index contributed by atoms with van der Waals surface area (Å²) in [7, 11) is 0. The van der Waals surface area contributed by atoms with Crippen molar-refractivity contribution >= 4 is 5.78 Å². The number of carbonyl (C=O) groups is 1. The van der Waals surface area contributed by atoms with Crippen LogP contribution in [0.15, 0.2) is 4.63 Å². The summed E-state index contributed by atoms with van der Waals surface area (Å²) in [5, 5.41) is 6.93. The molecule has 1 aromatic heterocycles. The minimum atomic E-state index is -0.414. The monoisotopic (exact) mass is 184 g/mol. The van der Waals surface area contributed by atoms with E-state index < -0.39 is 5.60 Å². The SMILES string of the molecule is CC(=O)c1nonc1OC(C)(C)C. The van der Waals surface area contributed by atoms with Crippen LogP contribution in [-0.4, -0.2) is 21.7 Å². The van der Waals surface area contributed by atoms with Gasteiger partial charge in [-0.05, 0) is 31.1 Å². The van der Waals surface area contributed by atoms with Crippen LogP contribution in [0.4, 0.5) is 0 Å². The fourth-order valence-corrected chi connectivity index (χ4v) is 0.752. The molecule has 1 rings (SSSR count).